The van der Waals surface area contributed by atoms with Crippen molar-refractivity contribution in [3.63, 3.8) is 0 Å². The van der Waals surface area contributed by atoms with Crippen LogP contribution >= 0.6 is 15.9 Å². The number of rotatable bonds is 1. The number of ether oxygens (including phenoxy) is 1. The molecule has 1 aliphatic rings. The van der Waals surface area contributed by atoms with Crippen LogP contribution in [0.3, 0.4) is 0 Å². The summed E-state index contributed by atoms with van der Waals surface area (Å²) in [6.45, 7) is 0. The molecule has 1 rings (SSSR count). The first kappa shape index (κ1) is 8.48. The fraction of sp³-hybridized carbons (Fsp3) is 0.600. The number of carbonyl (C=O) groups excluding carboxylic acids is 2. The average molecular weight is 223 g/mol. The lowest BCUT2D eigenvalue weighted by Crippen LogP contribution is -2.59. The summed E-state index contributed by atoms with van der Waals surface area (Å²) < 4.78 is 4.80. The minimum absolute atomic E-state index is 0.388. The van der Waals surface area contributed by atoms with Gasteiger partial charge in [0.25, 0.3) is 0 Å². The van der Waals surface area contributed by atoms with Gasteiger partial charge >= 0.3 is 6.03 Å². The summed E-state index contributed by atoms with van der Waals surface area (Å²) in [6, 6.07) is -0.530. The van der Waals surface area contributed by atoms with Crippen molar-refractivity contribution in [1.29, 1.82) is 0 Å². The summed E-state index contributed by atoms with van der Waals surface area (Å²) in [5.74, 6) is -0.388. The summed E-state index contributed by atoms with van der Waals surface area (Å²) in [6.07, 6.45) is -0.587. The van der Waals surface area contributed by atoms with Crippen molar-refractivity contribution < 1.29 is 14.3 Å². The molecule has 3 amide bonds. The van der Waals surface area contributed by atoms with Gasteiger partial charge < -0.3 is 10.1 Å². The van der Waals surface area contributed by atoms with Crippen molar-refractivity contribution in [3.8, 4) is 0 Å². The maximum atomic E-state index is 10.9. The van der Waals surface area contributed by atoms with Crippen molar-refractivity contribution in [2.45, 2.75) is 11.1 Å². The van der Waals surface area contributed by atoms with Gasteiger partial charge in [-0.15, -0.1) is 0 Å². The van der Waals surface area contributed by atoms with Crippen LogP contribution in [-0.4, -0.2) is 30.1 Å². The largest absolute Gasteiger partial charge is 0.360 e. The summed E-state index contributed by atoms with van der Waals surface area (Å²) in [7, 11) is 1.41. The topological polar surface area (TPSA) is 67.4 Å². The van der Waals surface area contributed by atoms with Crippen molar-refractivity contribution in [2.75, 3.05) is 7.11 Å². The standard InChI is InChI=1S/C5H7BrN2O3/c1-11-4-2(6)3(9)7-5(10)8-4/h2,4H,1H3,(H2,7,8,9,10)/t2-,4-/m0/s1. The quantitative estimate of drug-likeness (QED) is 0.592. The minimum atomic E-state index is -0.587. The molecule has 0 unspecified atom stereocenters. The molecule has 0 aliphatic carbocycles. The molecular weight excluding hydrogens is 216 g/mol. The SMILES string of the molecule is CO[C@@H]1NC(=O)NC(=O)[C@@H]1Br. The van der Waals surface area contributed by atoms with Crippen LogP contribution in [0.15, 0.2) is 0 Å². The second-order valence-electron chi connectivity index (χ2n) is 2.02. The van der Waals surface area contributed by atoms with Gasteiger partial charge in [-0.25, -0.2) is 4.79 Å². The highest BCUT2D eigenvalue weighted by molar-refractivity contribution is 9.10. The van der Waals surface area contributed by atoms with Crippen LogP contribution in [0.1, 0.15) is 0 Å². The number of methoxy groups -OCH3 is 1. The Bertz CT molecular complexity index is 196. The Hall–Kier alpha value is -0.620. The summed E-state index contributed by atoms with van der Waals surface area (Å²) in [4.78, 5) is 21.0. The number of urea groups is 1. The van der Waals surface area contributed by atoms with E-state index in [1.807, 2.05) is 0 Å². The van der Waals surface area contributed by atoms with Gasteiger partial charge in [0.05, 0.1) is 0 Å². The fourth-order valence-corrected chi connectivity index (χ4v) is 1.20. The number of nitrogens with one attached hydrogen (secondary N) is 2. The Morgan fingerprint density at radius 1 is 1.55 bits per heavy atom. The van der Waals surface area contributed by atoms with E-state index in [0.29, 0.717) is 0 Å². The zero-order valence-corrected chi connectivity index (χ0v) is 7.34. The molecule has 2 atom stereocenters. The van der Waals surface area contributed by atoms with Crippen LogP contribution in [-0.2, 0) is 9.53 Å². The van der Waals surface area contributed by atoms with E-state index in [0.717, 1.165) is 0 Å². The number of imide groups is 1. The summed E-state index contributed by atoms with van der Waals surface area (Å²) >= 11 is 3.06. The van der Waals surface area contributed by atoms with E-state index in [2.05, 4.69) is 26.6 Å². The molecule has 1 heterocycles. The molecule has 1 fully saturated rings. The molecule has 62 valence electrons. The van der Waals surface area contributed by atoms with Crippen LogP contribution in [0.4, 0.5) is 4.79 Å². The monoisotopic (exact) mass is 222 g/mol. The Morgan fingerprint density at radius 2 is 2.18 bits per heavy atom. The first-order valence-electron chi connectivity index (χ1n) is 2.93. The molecule has 0 radical (unpaired) electrons. The molecular formula is C5H7BrN2O3. The average Bonchev–Trinajstić information content (AvgIpc) is 1.96. The zero-order chi connectivity index (χ0) is 8.43. The molecule has 5 nitrogen and oxygen atoms in total. The Balaban J connectivity index is 2.66. The second kappa shape index (κ2) is 3.19. The first-order valence-corrected chi connectivity index (χ1v) is 3.85. The van der Waals surface area contributed by atoms with E-state index in [4.69, 9.17) is 4.74 Å². The minimum Gasteiger partial charge on any atom is -0.360 e. The van der Waals surface area contributed by atoms with Crippen LogP contribution < -0.4 is 10.6 Å². The molecule has 0 saturated carbocycles. The highest BCUT2D eigenvalue weighted by Gasteiger charge is 2.33. The van der Waals surface area contributed by atoms with E-state index in [9.17, 15) is 9.59 Å². The van der Waals surface area contributed by atoms with Gasteiger partial charge in [0.1, 0.15) is 4.83 Å². The highest BCUT2D eigenvalue weighted by Crippen LogP contribution is 2.09. The normalized spacial score (nSPS) is 31.1. The molecule has 0 aromatic carbocycles. The highest BCUT2D eigenvalue weighted by atomic mass is 79.9. The molecule has 0 aromatic heterocycles. The molecule has 6 heteroatoms. The van der Waals surface area contributed by atoms with Gasteiger partial charge in [-0.05, 0) is 0 Å². The Kier molecular flexibility index (Phi) is 2.45. The van der Waals surface area contributed by atoms with E-state index in [1.54, 1.807) is 0 Å². The number of hydrogen-bond donors (Lipinski definition) is 2. The smallest absolute Gasteiger partial charge is 0.323 e. The summed E-state index contributed by atoms with van der Waals surface area (Å²) in [5, 5.41) is 4.48. The number of alkyl halides is 1. The molecule has 2 N–H and O–H groups in total. The Morgan fingerprint density at radius 3 is 2.73 bits per heavy atom. The van der Waals surface area contributed by atoms with Crippen LogP contribution in [0, 0.1) is 0 Å². The molecule has 0 bridgehead atoms. The Labute approximate surface area is 71.6 Å². The van der Waals surface area contributed by atoms with Crippen molar-refractivity contribution in [2.24, 2.45) is 0 Å². The van der Waals surface area contributed by atoms with E-state index < -0.39 is 17.1 Å². The third-order valence-corrected chi connectivity index (χ3v) is 2.18. The predicted molar refractivity (Wildman–Crippen MR) is 40.2 cm³/mol. The van der Waals surface area contributed by atoms with Gasteiger partial charge in [-0.2, -0.15) is 0 Å². The molecule has 1 aliphatic heterocycles. The maximum Gasteiger partial charge on any atom is 0.323 e. The number of carbonyl (C=O) groups is 2. The lowest BCUT2D eigenvalue weighted by molar-refractivity contribution is -0.123. The van der Waals surface area contributed by atoms with Gasteiger partial charge in [-0.3, -0.25) is 10.1 Å². The van der Waals surface area contributed by atoms with Crippen molar-refractivity contribution in [3.05, 3.63) is 0 Å². The van der Waals surface area contributed by atoms with E-state index >= 15 is 0 Å². The predicted octanol–water partition coefficient (Wildman–Crippen LogP) is -0.438. The second-order valence-corrected chi connectivity index (χ2v) is 3.01. The van der Waals surface area contributed by atoms with Gasteiger partial charge in [0, 0.05) is 7.11 Å². The van der Waals surface area contributed by atoms with Crippen molar-refractivity contribution >= 4 is 27.9 Å². The fourth-order valence-electron chi connectivity index (χ4n) is 0.735. The molecule has 0 spiro atoms. The summed E-state index contributed by atoms with van der Waals surface area (Å²) in [5.41, 5.74) is 0. The molecule has 0 aromatic rings. The molecule has 11 heavy (non-hydrogen) atoms. The van der Waals surface area contributed by atoms with E-state index in [1.165, 1.54) is 7.11 Å². The zero-order valence-electron chi connectivity index (χ0n) is 5.76. The maximum absolute atomic E-state index is 10.9. The lowest BCUT2D eigenvalue weighted by atomic mass is 10.3. The van der Waals surface area contributed by atoms with Crippen molar-refractivity contribution in [1.82, 2.24) is 10.6 Å². The van der Waals surface area contributed by atoms with Gasteiger partial charge in [0.15, 0.2) is 6.23 Å². The third kappa shape index (κ3) is 1.69. The van der Waals surface area contributed by atoms with Crippen LogP contribution in [0.5, 0.6) is 0 Å². The third-order valence-electron chi connectivity index (χ3n) is 1.28. The first-order chi connectivity index (χ1) is 5.15. The van der Waals surface area contributed by atoms with Crippen LogP contribution in [0.2, 0.25) is 0 Å². The van der Waals surface area contributed by atoms with Crippen LogP contribution in [0.25, 0.3) is 0 Å². The van der Waals surface area contributed by atoms with Gasteiger partial charge in [0.2, 0.25) is 5.91 Å². The molecule has 1 saturated heterocycles. The van der Waals surface area contributed by atoms with Gasteiger partial charge in [-0.1, -0.05) is 15.9 Å². The number of halogens is 1. The lowest BCUT2D eigenvalue weighted by Gasteiger charge is -2.26. The number of amides is 3. The van der Waals surface area contributed by atoms with E-state index in [-0.39, 0.29) is 5.91 Å². The number of hydrogen-bond acceptors (Lipinski definition) is 3.